The van der Waals surface area contributed by atoms with Crippen LogP contribution in [-0.2, 0) is 4.79 Å². The maximum absolute atomic E-state index is 11.9. The summed E-state index contributed by atoms with van der Waals surface area (Å²) in [4.78, 5) is 11.9. The molecule has 0 aromatic carbocycles. The first-order valence-electron chi connectivity index (χ1n) is 10.7. The molecule has 25 heavy (non-hydrogen) atoms. The van der Waals surface area contributed by atoms with Gasteiger partial charge in [0.1, 0.15) is 0 Å². The Morgan fingerprint density at radius 2 is 1.80 bits per heavy atom. The van der Waals surface area contributed by atoms with Gasteiger partial charge in [-0.15, -0.1) is 0 Å². The van der Waals surface area contributed by atoms with Gasteiger partial charge in [0.15, 0.2) is 0 Å². The predicted octanol–water partition coefficient (Wildman–Crippen LogP) is 2.60. The fourth-order valence-electron chi connectivity index (χ4n) is 7.47. The summed E-state index contributed by atoms with van der Waals surface area (Å²) in [5.74, 6) is 1.83. The molecule has 0 spiro atoms. The van der Waals surface area contributed by atoms with Crippen LogP contribution in [0.3, 0.4) is 0 Å². The first-order chi connectivity index (χ1) is 11.9. The van der Waals surface area contributed by atoms with E-state index in [0.29, 0.717) is 35.6 Å². The minimum atomic E-state index is -0.245. The number of amides is 1. The largest absolute Gasteiger partial charge is 0.393 e. The van der Waals surface area contributed by atoms with Crippen LogP contribution >= 0.6 is 0 Å². The number of hydrogen-bond donors (Lipinski definition) is 3. The quantitative estimate of drug-likeness (QED) is 0.720. The predicted molar refractivity (Wildman–Crippen MR) is 96.9 cm³/mol. The van der Waals surface area contributed by atoms with Gasteiger partial charge in [0.05, 0.1) is 6.10 Å². The number of nitrogens with one attached hydrogen (secondary N) is 2. The SMILES string of the molecule is C[C@]12CCC(=O)NC1CC(O)[C@@H]1[C@H]2CC[C@]2(C)C(NC3CC3)CC[C@@H]12. The van der Waals surface area contributed by atoms with Crippen LogP contribution in [-0.4, -0.2) is 35.2 Å². The van der Waals surface area contributed by atoms with E-state index in [0.717, 1.165) is 18.9 Å². The summed E-state index contributed by atoms with van der Waals surface area (Å²) in [6.45, 7) is 4.91. The molecule has 3 unspecified atom stereocenters. The molecule has 0 bridgehead atoms. The molecular formula is C21H34N2O2. The molecule has 5 rings (SSSR count). The van der Waals surface area contributed by atoms with Crippen molar-refractivity contribution in [2.75, 3.05) is 0 Å². The van der Waals surface area contributed by atoms with E-state index >= 15 is 0 Å². The molecule has 1 heterocycles. The number of rotatable bonds is 2. The van der Waals surface area contributed by atoms with Crippen molar-refractivity contribution in [1.82, 2.24) is 10.6 Å². The van der Waals surface area contributed by atoms with Gasteiger partial charge in [0, 0.05) is 24.5 Å². The van der Waals surface area contributed by atoms with Gasteiger partial charge in [0.25, 0.3) is 0 Å². The molecule has 0 radical (unpaired) electrons. The number of carbonyl (C=O) groups is 1. The van der Waals surface area contributed by atoms with Crippen molar-refractivity contribution < 1.29 is 9.90 Å². The molecule has 0 aromatic rings. The topological polar surface area (TPSA) is 61.4 Å². The van der Waals surface area contributed by atoms with Crippen molar-refractivity contribution in [3.05, 3.63) is 0 Å². The number of aliphatic hydroxyl groups is 1. The van der Waals surface area contributed by atoms with Crippen molar-refractivity contribution in [2.24, 2.45) is 28.6 Å². The highest BCUT2D eigenvalue weighted by Crippen LogP contribution is 2.64. The number of hydrogen-bond acceptors (Lipinski definition) is 3. The first-order valence-corrected chi connectivity index (χ1v) is 10.7. The van der Waals surface area contributed by atoms with Crippen molar-refractivity contribution in [2.45, 2.75) is 95.9 Å². The van der Waals surface area contributed by atoms with Crippen molar-refractivity contribution >= 4 is 5.91 Å². The van der Waals surface area contributed by atoms with E-state index in [4.69, 9.17) is 0 Å². The molecule has 8 atom stereocenters. The van der Waals surface area contributed by atoms with Crippen LogP contribution in [0.25, 0.3) is 0 Å². The van der Waals surface area contributed by atoms with E-state index in [-0.39, 0.29) is 23.5 Å². The standard InChI is InChI=1S/C21H34N2O2/c1-20-9-7-14-19(13(20)5-6-16(20)22-12-3-4-12)15(24)11-17-21(14,2)10-8-18(25)23-17/h12-17,19,22,24H,3-11H2,1-2H3,(H,23,25)/t13-,14+,15?,16?,17?,19-,20-,21+/m0/s1. The van der Waals surface area contributed by atoms with E-state index in [9.17, 15) is 9.90 Å². The third-order valence-electron chi connectivity index (χ3n) is 9.14. The monoisotopic (exact) mass is 346 g/mol. The van der Waals surface area contributed by atoms with E-state index in [1.54, 1.807) is 0 Å². The lowest BCUT2D eigenvalue weighted by atomic mass is 9.46. The van der Waals surface area contributed by atoms with Crippen molar-refractivity contribution in [1.29, 1.82) is 0 Å². The van der Waals surface area contributed by atoms with E-state index in [1.807, 2.05) is 0 Å². The Morgan fingerprint density at radius 1 is 1.04 bits per heavy atom. The molecule has 4 heteroatoms. The average molecular weight is 347 g/mol. The Kier molecular flexibility index (Phi) is 3.61. The molecule has 4 aliphatic carbocycles. The summed E-state index contributed by atoms with van der Waals surface area (Å²) < 4.78 is 0. The fourth-order valence-corrected chi connectivity index (χ4v) is 7.47. The van der Waals surface area contributed by atoms with E-state index in [2.05, 4.69) is 24.5 Å². The van der Waals surface area contributed by atoms with Gasteiger partial charge >= 0.3 is 0 Å². The summed E-state index contributed by atoms with van der Waals surface area (Å²) >= 11 is 0. The lowest BCUT2D eigenvalue weighted by Gasteiger charge is -2.61. The molecule has 4 nitrogen and oxygen atoms in total. The summed E-state index contributed by atoms with van der Waals surface area (Å²) in [6, 6.07) is 1.59. The van der Waals surface area contributed by atoms with E-state index < -0.39 is 0 Å². The third-order valence-corrected chi connectivity index (χ3v) is 9.14. The highest BCUT2D eigenvalue weighted by Gasteiger charge is 2.62. The smallest absolute Gasteiger partial charge is 0.220 e. The second kappa shape index (κ2) is 5.45. The van der Waals surface area contributed by atoms with Crippen LogP contribution < -0.4 is 10.6 Å². The summed E-state index contributed by atoms with van der Waals surface area (Å²) in [6.07, 6.45) is 9.95. The van der Waals surface area contributed by atoms with Crippen LogP contribution in [0, 0.1) is 28.6 Å². The van der Waals surface area contributed by atoms with Gasteiger partial charge in [-0.1, -0.05) is 13.8 Å². The molecule has 1 aliphatic heterocycles. The highest BCUT2D eigenvalue weighted by molar-refractivity contribution is 5.77. The van der Waals surface area contributed by atoms with Crippen molar-refractivity contribution in [3.63, 3.8) is 0 Å². The number of aliphatic hydroxyl groups excluding tert-OH is 1. The zero-order chi connectivity index (χ0) is 17.4. The normalized spacial score (nSPS) is 55.1. The van der Waals surface area contributed by atoms with Crippen LogP contribution in [0.1, 0.15) is 71.6 Å². The highest BCUT2D eigenvalue weighted by atomic mass is 16.3. The Hall–Kier alpha value is -0.610. The van der Waals surface area contributed by atoms with Crippen LogP contribution in [0.2, 0.25) is 0 Å². The molecule has 5 aliphatic rings. The maximum atomic E-state index is 11.9. The lowest BCUT2D eigenvalue weighted by Crippen LogP contribution is -2.65. The Bertz CT molecular complexity index is 576. The van der Waals surface area contributed by atoms with Gasteiger partial charge < -0.3 is 15.7 Å². The Labute approximate surface area is 151 Å². The fraction of sp³-hybridized carbons (Fsp3) is 0.952. The third kappa shape index (κ3) is 2.36. The second-order valence-corrected chi connectivity index (χ2v) is 10.3. The molecule has 3 N–H and O–H groups in total. The molecule has 140 valence electrons. The molecule has 5 fully saturated rings. The van der Waals surface area contributed by atoms with Gasteiger partial charge in [-0.05, 0) is 80.0 Å². The number of carbonyl (C=O) groups excluding carboxylic acids is 1. The van der Waals surface area contributed by atoms with E-state index in [1.165, 1.54) is 38.5 Å². The average Bonchev–Trinajstić information content (AvgIpc) is 3.32. The zero-order valence-electron chi connectivity index (χ0n) is 15.8. The van der Waals surface area contributed by atoms with Gasteiger partial charge in [0.2, 0.25) is 5.91 Å². The summed E-state index contributed by atoms with van der Waals surface area (Å²) in [5, 5.41) is 18.3. The Balaban J connectivity index is 1.43. The minimum absolute atomic E-state index is 0.177. The maximum Gasteiger partial charge on any atom is 0.220 e. The van der Waals surface area contributed by atoms with Gasteiger partial charge in [-0.3, -0.25) is 4.79 Å². The molecule has 4 saturated carbocycles. The Morgan fingerprint density at radius 3 is 2.56 bits per heavy atom. The van der Waals surface area contributed by atoms with Gasteiger partial charge in [-0.25, -0.2) is 0 Å². The summed E-state index contributed by atoms with van der Waals surface area (Å²) in [5.41, 5.74) is 0.535. The molecule has 1 amide bonds. The molecule has 0 aromatic heterocycles. The molecule has 1 saturated heterocycles. The zero-order valence-corrected chi connectivity index (χ0v) is 15.8. The summed E-state index contributed by atoms with van der Waals surface area (Å²) in [7, 11) is 0. The van der Waals surface area contributed by atoms with Crippen molar-refractivity contribution in [3.8, 4) is 0 Å². The van der Waals surface area contributed by atoms with Crippen LogP contribution in [0.4, 0.5) is 0 Å². The van der Waals surface area contributed by atoms with Gasteiger partial charge in [-0.2, -0.15) is 0 Å². The van der Waals surface area contributed by atoms with Crippen LogP contribution in [0.15, 0.2) is 0 Å². The minimum Gasteiger partial charge on any atom is -0.393 e. The van der Waals surface area contributed by atoms with Crippen LogP contribution in [0.5, 0.6) is 0 Å². The second-order valence-electron chi connectivity index (χ2n) is 10.3. The first kappa shape index (κ1) is 16.6. The number of fused-ring (bicyclic) bond motifs is 5. The number of piperidine rings is 1. The molecular weight excluding hydrogens is 312 g/mol. The lowest BCUT2D eigenvalue weighted by molar-refractivity contribution is -0.156.